The molecule has 132 valence electrons. The number of halogens is 1. The number of carbonyl (C=O) groups is 1. The van der Waals surface area contributed by atoms with E-state index in [-0.39, 0.29) is 17.3 Å². The topological polar surface area (TPSA) is 50.6 Å². The second kappa shape index (κ2) is 8.02. The fourth-order valence-corrected chi connectivity index (χ4v) is 3.34. The molecule has 2 heterocycles. The molecule has 0 spiro atoms. The number of hydrogen-bond donors (Lipinski definition) is 0. The van der Waals surface area contributed by atoms with Gasteiger partial charge in [0, 0.05) is 51.2 Å². The van der Waals surface area contributed by atoms with E-state index in [2.05, 4.69) is 11.0 Å². The van der Waals surface area contributed by atoms with E-state index in [1.807, 2.05) is 4.90 Å². The second-order valence-electron chi connectivity index (χ2n) is 6.51. The van der Waals surface area contributed by atoms with E-state index in [1.165, 1.54) is 12.1 Å². The predicted molar refractivity (Wildman–Crippen MR) is 94.3 cm³/mol. The van der Waals surface area contributed by atoms with Crippen molar-refractivity contribution < 1.29 is 9.18 Å². The minimum atomic E-state index is -0.236. The lowest BCUT2D eigenvalue weighted by atomic mass is 10.1. The van der Waals surface area contributed by atoms with Crippen molar-refractivity contribution in [3.8, 4) is 6.07 Å². The van der Waals surface area contributed by atoms with E-state index >= 15 is 0 Å². The Kier molecular flexibility index (Phi) is 5.54. The van der Waals surface area contributed by atoms with Crippen LogP contribution in [0.25, 0.3) is 0 Å². The monoisotopic (exact) mass is 342 g/mol. The summed E-state index contributed by atoms with van der Waals surface area (Å²) in [6, 6.07) is 8.56. The normalized spacial score (nSPS) is 18.9. The van der Waals surface area contributed by atoms with Gasteiger partial charge in [0.05, 0.1) is 0 Å². The van der Waals surface area contributed by atoms with Crippen LogP contribution in [0.1, 0.15) is 19.3 Å². The van der Waals surface area contributed by atoms with Crippen LogP contribution in [-0.4, -0.2) is 55.0 Å². The fraction of sp³-hybridized carbons (Fsp3) is 0.474. The average molecular weight is 342 g/mol. The van der Waals surface area contributed by atoms with Gasteiger partial charge >= 0.3 is 0 Å². The maximum atomic E-state index is 13.0. The first-order valence-corrected chi connectivity index (χ1v) is 8.83. The quantitative estimate of drug-likeness (QED) is 0.625. The summed E-state index contributed by atoms with van der Waals surface area (Å²) in [5, 5.41) is 9.38. The van der Waals surface area contributed by atoms with Crippen LogP contribution < -0.4 is 4.90 Å². The summed E-state index contributed by atoms with van der Waals surface area (Å²) < 4.78 is 13.0. The van der Waals surface area contributed by atoms with Crippen molar-refractivity contribution in [3.05, 3.63) is 41.9 Å². The summed E-state index contributed by atoms with van der Waals surface area (Å²) in [6.45, 7) is 4.51. The predicted octanol–water partition coefficient (Wildman–Crippen LogP) is 2.37. The molecule has 6 heteroatoms. The number of likely N-dealkylation sites (tertiary alicyclic amines) is 1. The lowest BCUT2D eigenvalue weighted by Gasteiger charge is -2.36. The number of carbonyl (C=O) groups excluding carboxylic acids is 1. The number of nitriles is 1. The average Bonchev–Trinajstić information content (AvgIpc) is 2.67. The molecule has 2 saturated heterocycles. The van der Waals surface area contributed by atoms with Crippen LogP contribution in [0.4, 0.5) is 10.1 Å². The van der Waals surface area contributed by atoms with Crippen molar-refractivity contribution in [2.75, 3.05) is 44.2 Å². The maximum Gasteiger partial charge on any atom is 0.266 e. The van der Waals surface area contributed by atoms with E-state index in [1.54, 1.807) is 23.2 Å². The highest BCUT2D eigenvalue weighted by molar-refractivity contribution is 5.97. The smallest absolute Gasteiger partial charge is 0.266 e. The van der Waals surface area contributed by atoms with Gasteiger partial charge in [-0.2, -0.15) is 5.26 Å². The molecule has 1 aromatic carbocycles. The standard InChI is InChI=1S/C19H23FN4O/c20-17-4-6-18(7-5-17)23-12-10-22(11-13-23)15-16(14-21)19(25)24-8-2-1-3-9-24/h4-7,15H,1-3,8-13H2/b16-15-. The van der Waals surface area contributed by atoms with Gasteiger partial charge in [-0.05, 0) is 43.5 Å². The number of rotatable bonds is 3. The third-order valence-electron chi connectivity index (χ3n) is 4.81. The van der Waals surface area contributed by atoms with E-state index < -0.39 is 0 Å². The molecule has 0 radical (unpaired) electrons. The lowest BCUT2D eigenvalue weighted by Crippen LogP contribution is -2.44. The lowest BCUT2D eigenvalue weighted by molar-refractivity contribution is -0.127. The molecule has 3 rings (SSSR count). The molecule has 0 unspecified atom stereocenters. The number of benzene rings is 1. The van der Waals surface area contributed by atoms with Gasteiger partial charge in [-0.25, -0.2) is 4.39 Å². The zero-order valence-corrected chi connectivity index (χ0v) is 14.3. The molecule has 0 atom stereocenters. The summed E-state index contributed by atoms with van der Waals surface area (Å²) in [6.07, 6.45) is 4.89. The third kappa shape index (κ3) is 4.30. The molecular formula is C19H23FN4O. The van der Waals surface area contributed by atoms with Crippen LogP contribution in [0.3, 0.4) is 0 Å². The second-order valence-corrected chi connectivity index (χ2v) is 6.51. The molecule has 0 saturated carbocycles. The highest BCUT2D eigenvalue weighted by Crippen LogP contribution is 2.18. The molecule has 0 aromatic heterocycles. The van der Waals surface area contributed by atoms with E-state index in [0.29, 0.717) is 0 Å². The molecule has 25 heavy (non-hydrogen) atoms. The largest absolute Gasteiger partial charge is 0.373 e. The summed E-state index contributed by atoms with van der Waals surface area (Å²) in [7, 11) is 0. The molecule has 1 amide bonds. The first-order valence-electron chi connectivity index (χ1n) is 8.83. The summed E-state index contributed by atoms with van der Waals surface area (Å²) in [5.74, 6) is -0.386. The van der Waals surface area contributed by atoms with Crippen molar-refractivity contribution >= 4 is 11.6 Å². The number of amides is 1. The summed E-state index contributed by atoms with van der Waals surface area (Å²) in [4.78, 5) is 18.5. The zero-order chi connectivity index (χ0) is 17.6. The van der Waals surface area contributed by atoms with Gasteiger partial charge in [0.15, 0.2) is 0 Å². The zero-order valence-electron chi connectivity index (χ0n) is 14.3. The van der Waals surface area contributed by atoms with Crippen molar-refractivity contribution in [2.24, 2.45) is 0 Å². The van der Waals surface area contributed by atoms with Gasteiger partial charge in [0.1, 0.15) is 17.5 Å². The molecule has 2 aliphatic rings. The Morgan fingerprint density at radius 1 is 1.00 bits per heavy atom. The van der Waals surface area contributed by atoms with Gasteiger partial charge < -0.3 is 14.7 Å². The Hall–Kier alpha value is -2.55. The van der Waals surface area contributed by atoms with Crippen LogP contribution >= 0.6 is 0 Å². The van der Waals surface area contributed by atoms with Crippen LogP contribution in [0.5, 0.6) is 0 Å². The minimum Gasteiger partial charge on any atom is -0.373 e. The van der Waals surface area contributed by atoms with Crippen LogP contribution in [0, 0.1) is 17.1 Å². The Morgan fingerprint density at radius 3 is 2.24 bits per heavy atom. The molecule has 1 aromatic rings. The Labute approximate surface area is 147 Å². The number of nitrogens with zero attached hydrogens (tertiary/aromatic N) is 4. The van der Waals surface area contributed by atoms with Crippen LogP contribution in [0.2, 0.25) is 0 Å². The van der Waals surface area contributed by atoms with Crippen molar-refractivity contribution in [2.45, 2.75) is 19.3 Å². The van der Waals surface area contributed by atoms with E-state index in [4.69, 9.17) is 0 Å². The molecule has 0 aliphatic carbocycles. The number of piperidine rings is 1. The SMILES string of the molecule is N#C/C(=C/N1CCN(c2ccc(F)cc2)CC1)C(=O)N1CCCCC1. The molecule has 2 fully saturated rings. The first-order chi connectivity index (χ1) is 12.2. The van der Waals surface area contributed by atoms with Gasteiger partial charge in [-0.15, -0.1) is 0 Å². The van der Waals surface area contributed by atoms with Gasteiger partial charge in [0.25, 0.3) is 5.91 Å². The number of anilines is 1. The van der Waals surface area contributed by atoms with Crippen molar-refractivity contribution in [1.29, 1.82) is 5.26 Å². The van der Waals surface area contributed by atoms with E-state index in [0.717, 1.165) is 64.2 Å². The van der Waals surface area contributed by atoms with Crippen LogP contribution in [0.15, 0.2) is 36.0 Å². The molecule has 2 aliphatic heterocycles. The van der Waals surface area contributed by atoms with Gasteiger partial charge in [-0.1, -0.05) is 0 Å². The molecule has 5 nitrogen and oxygen atoms in total. The highest BCUT2D eigenvalue weighted by atomic mass is 19.1. The summed E-state index contributed by atoms with van der Waals surface area (Å²) >= 11 is 0. The molecule has 0 N–H and O–H groups in total. The Morgan fingerprint density at radius 2 is 1.64 bits per heavy atom. The number of piperazine rings is 1. The van der Waals surface area contributed by atoms with Crippen LogP contribution in [-0.2, 0) is 4.79 Å². The Bertz CT molecular complexity index is 666. The molecular weight excluding hydrogens is 319 g/mol. The third-order valence-corrected chi connectivity index (χ3v) is 4.81. The van der Waals surface area contributed by atoms with Gasteiger partial charge in [0.2, 0.25) is 0 Å². The molecule has 0 bridgehead atoms. The highest BCUT2D eigenvalue weighted by Gasteiger charge is 2.22. The Balaban J connectivity index is 1.59. The number of hydrogen-bond acceptors (Lipinski definition) is 4. The summed E-state index contributed by atoms with van der Waals surface area (Å²) in [5.41, 5.74) is 1.21. The first kappa shape index (κ1) is 17.3. The fourth-order valence-electron chi connectivity index (χ4n) is 3.34. The minimum absolute atomic E-state index is 0.150. The van der Waals surface area contributed by atoms with Crippen molar-refractivity contribution in [3.63, 3.8) is 0 Å². The maximum absolute atomic E-state index is 13.0. The van der Waals surface area contributed by atoms with E-state index in [9.17, 15) is 14.4 Å². The van der Waals surface area contributed by atoms with Gasteiger partial charge in [-0.3, -0.25) is 4.79 Å². The van der Waals surface area contributed by atoms with Crippen molar-refractivity contribution in [1.82, 2.24) is 9.80 Å².